The molecule has 0 bridgehead atoms. The predicted molar refractivity (Wildman–Crippen MR) is 66.5 cm³/mol. The fourth-order valence-corrected chi connectivity index (χ4v) is 1.35. The van der Waals surface area contributed by atoms with Gasteiger partial charge in [-0.2, -0.15) is 0 Å². The monoisotopic (exact) mass is 272 g/mol. The van der Waals surface area contributed by atoms with Crippen molar-refractivity contribution in [2.45, 2.75) is 5.33 Å². The van der Waals surface area contributed by atoms with E-state index in [4.69, 9.17) is 0 Å². The molecule has 0 unspecified atom stereocenters. The van der Waals surface area contributed by atoms with Crippen molar-refractivity contribution in [2.24, 2.45) is 0 Å². The zero-order valence-corrected chi connectivity index (χ0v) is 11.0. The molecule has 0 N–H and O–H groups in total. The molecule has 0 fully saturated rings. The zero-order valence-electron chi connectivity index (χ0n) is 9.44. The Bertz CT molecular complexity index is 286. The average Bonchev–Trinajstić information content (AvgIpc) is 2.26. The molecule has 0 aliphatic heterocycles. The highest BCUT2D eigenvalue weighted by Gasteiger charge is 2.03. The molecule has 0 spiro atoms. The maximum absolute atomic E-state index is 4.29. The standard InChI is InChI=1S/C10H17BrN4/c1-14(2)4-5-15(3)10-12-7-9(6-11)8-13-10/h7-8H,4-6H2,1-3H3. The molecule has 1 aromatic rings. The third-order valence-corrected chi connectivity index (χ3v) is 2.72. The van der Waals surface area contributed by atoms with Crippen molar-refractivity contribution in [3.8, 4) is 0 Å². The van der Waals surface area contributed by atoms with Gasteiger partial charge in [-0.15, -0.1) is 0 Å². The molecule has 1 aromatic heterocycles. The summed E-state index contributed by atoms with van der Waals surface area (Å²) in [5.74, 6) is 0.779. The molecule has 1 heterocycles. The highest BCUT2D eigenvalue weighted by molar-refractivity contribution is 9.08. The summed E-state index contributed by atoms with van der Waals surface area (Å²) >= 11 is 3.37. The van der Waals surface area contributed by atoms with E-state index in [-0.39, 0.29) is 0 Å². The number of hydrogen-bond donors (Lipinski definition) is 0. The van der Waals surface area contributed by atoms with Crippen molar-refractivity contribution < 1.29 is 0 Å². The molecule has 5 heteroatoms. The normalized spacial score (nSPS) is 10.7. The van der Waals surface area contributed by atoms with Gasteiger partial charge in [-0.25, -0.2) is 9.97 Å². The quantitative estimate of drug-likeness (QED) is 0.758. The van der Waals surface area contributed by atoms with Gasteiger partial charge >= 0.3 is 0 Å². The first-order chi connectivity index (χ1) is 7.13. The fourth-order valence-electron chi connectivity index (χ4n) is 1.06. The summed E-state index contributed by atoms with van der Waals surface area (Å²) in [4.78, 5) is 12.8. The Kier molecular flexibility index (Phi) is 4.98. The molecule has 0 radical (unpaired) electrons. The maximum Gasteiger partial charge on any atom is 0.225 e. The van der Waals surface area contributed by atoms with Gasteiger partial charge in [0.05, 0.1) is 0 Å². The van der Waals surface area contributed by atoms with Crippen molar-refractivity contribution >= 4 is 21.9 Å². The molecule has 0 saturated heterocycles. The van der Waals surface area contributed by atoms with Crippen LogP contribution in [0.1, 0.15) is 5.56 Å². The number of anilines is 1. The molecule has 0 aromatic carbocycles. The third kappa shape index (κ3) is 4.13. The van der Waals surface area contributed by atoms with E-state index in [0.717, 1.165) is 29.9 Å². The molecular formula is C10H17BrN4. The van der Waals surface area contributed by atoms with E-state index in [1.54, 1.807) is 0 Å². The van der Waals surface area contributed by atoms with Gasteiger partial charge in [-0.3, -0.25) is 0 Å². The Morgan fingerprint density at radius 1 is 1.13 bits per heavy atom. The van der Waals surface area contributed by atoms with Crippen LogP contribution in [0.4, 0.5) is 5.95 Å². The maximum atomic E-state index is 4.29. The molecule has 0 atom stereocenters. The van der Waals surface area contributed by atoms with Crippen LogP contribution in [0.5, 0.6) is 0 Å². The van der Waals surface area contributed by atoms with Gasteiger partial charge in [0.15, 0.2) is 0 Å². The summed E-state index contributed by atoms with van der Waals surface area (Å²) in [5.41, 5.74) is 1.10. The SMILES string of the molecule is CN(C)CCN(C)c1ncc(CBr)cn1. The van der Waals surface area contributed by atoms with Crippen LogP contribution < -0.4 is 4.90 Å². The Morgan fingerprint density at radius 3 is 2.20 bits per heavy atom. The lowest BCUT2D eigenvalue weighted by atomic mass is 10.4. The van der Waals surface area contributed by atoms with E-state index >= 15 is 0 Å². The number of nitrogens with zero attached hydrogens (tertiary/aromatic N) is 4. The van der Waals surface area contributed by atoms with Crippen LogP contribution in [-0.4, -0.2) is 49.1 Å². The first-order valence-corrected chi connectivity index (χ1v) is 5.98. The Labute approximate surface area is 99.4 Å². The second kappa shape index (κ2) is 6.02. The molecule has 0 aliphatic rings. The number of likely N-dealkylation sites (N-methyl/N-ethyl adjacent to an activating group) is 2. The van der Waals surface area contributed by atoms with E-state index in [1.807, 2.05) is 19.4 Å². The molecule has 0 saturated carbocycles. The number of aromatic nitrogens is 2. The van der Waals surface area contributed by atoms with Crippen molar-refractivity contribution in [3.63, 3.8) is 0 Å². The summed E-state index contributed by atoms with van der Waals surface area (Å²) in [5, 5.41) is 0.800. The van der Waals surface area contributed by atoms with Gasteiger partial charge < -0.3 is 9.80 Å². The third-order valence-electron chi connectivity index (χ3n) is 2.07. The molecule has 4 nitrogen and oxygen atoms in total. The van der Waals surface area contributed by atoms with Crippen LogP contribution in [0.15, 0.2) is 12.4 Å². The Hall–Kier alpha value is -0.680. The minimum absolute atomic E-state index is 0.779. The molecule has 0 aliphatic carbocycles. The largest absolute Gasteiger partial charge is 0.343 e. The second-order valence-corrected chi connectivity index (χ2v) is 4.31. The lowest BCUT2D eigenvalue weighted by Gasteiger charge is -2.19. The molecule has 1 rings (SSSR count). The predicted octanol–water partition coefficient (Wildman–Crippen LogP) is 1.37. The molecule has 15 heavy (non-hydrogen) atoms. The van der Waals surface area contributed by atoms with E-state index in [2.05, 4.69) is 49.8 Å². The van der Waals surface area contributed by atoms with E-state index in [1.165, 1.54) is 0 Å². The Balaban J connectivity index is 2.54. The van der Waals surface area contributed by atoms with Gasteiger partial charge in [-0.05, 0) is 19.7 Å². The summed E-state index contributed by atoms with van der Waals surface area (Å²) in [7, 11) is 6.12. The van der Waals surface area contributed by atoms with E-state index in [9.17, 15) is 0 Å². The van der Waals surface area contributed by atoms with Crippen LogP contribution >= 0.6 is 15.9 Å². The van der Waals surface area contributed by atoms with Crippen LogP contribution in [0.2, 0.25) is 0 Å². The van der Waals surface area contributed by atoms with E-state index in [0.29, 0.717) is 0 Å². The van der Waals surface area contributed by atoms with Gasteiger partial charge in [-0.1, -0.05) is 15.9 Å². The first kappa shape index (κ1) is 12.4. The fraction of sp³-hybridized carbons (Fsp3) is 0.600. The molecule has 0 amide bonds. The van der Waals surface area contributed by atoms with Crippen molar-refractivity contribution in [2.75, 3.05) is 39.1 Å². The first-order valence-electron chi connectivity index (χ1n) is 4.86. The lowest BCUT2D eigenvalue weighted by Crippen LogP contribution is -2.29. The van der Waals surface area contributed by atoms with Crippen molar-refractivity contribution in [3.05, 3.63) is 18.0 Å². The van der Waals surface area contributed by atoms with Gasteiger partial charge in [0.2, 0.25) is 5.95 Å². The van der Waals surface area contributed by atoms with Crippen molar-refractivity contribution in [1.82, 2.24) is 14.9 Å². The number of halogens is 1. The number of rotatable bonds is 5. The van der Waals surface area contributed by atoms with Crippen LogP contribution in [0.25, 0.3) is 0 Å². The van der Waals surface area contributed by atoms with Crippen LogP contribution in [0.3, 0.4) is 0 Å². The van der Waals surface area contributed by atoms with Gasteiger partial charge in [0.1, 0.15) is 0 Å². The number of alkyl halides is 1. The topological polar surface area (TPSA) is 32.3 Å². The lowest BCUT2D eigenvalue weighted by molar-refractivity contribution is 0.415. The second-order valence-electron chi connectivity index (χ2n) is 3.75. The summed E-state index contributed by atoms with van der Waals surface area (Å²) in [6, 6.07) is 0. The highest BCUT2D eigenvalue weighted by Crippen LogP contribution is 2.07. The van der Waals surface area contributed by atoms with E-state index < -0.39 is 0 Å². The highest BCUT2D eigenvalue weighted by atomic mass is 79.9. The Morgan fingerprint density at radius 2 is 1.73 bits per heavy atom. The van der Waals surface area contributed by atoms with Gasteiger partial charge in [0, 0.05) is 37.9 Å². The number of hydrogen-bond acceptors (Lipinski definition) is 4. The minimum atomic E-state index is 0.779. The molecule has 84 valence electrons. The van der Waals surface area contributed by atoms with Crippen LogP contribution in [0, 0.1) is 0 Å². The van der Waals surface area contributed by atoms with Gasteiger partial charge in [0.25, 0.3) is 0 Å². The summed E-state index contributed by atoms with van der Waals surface area (Å²) in [6.07, 6.45) is 3.70. The minimum Gasteiger partial charge on any atom is -0.343 e. The van der Waals surface area contributed by atoms with Crippen LogP contribution in [-0.2, 0) is 5.33 Å². The average molecular weight is 273 g/mol. The summed E-state index contributed by atoms with van der Waals surface area (Å²) in [6.45, 7) is 1.93. The smallest absolute Gasteiger partial charge is 0.225 e. The summed E-state index contributed by atoms with van der Waals surface area (Å²) < 4.78 is 0. The van der Waals surface area contributed by atoms with Crippen molar-refractivity contribution in [1.29, 1.82) is 0 Å². The zero-order chi connectivity index (χ0) is 11.3. The molecular weight excluding hydrogens is 256 g/mol.